The first-order valence-corrected chi connectivity index (χ1v) is 9.10. The number of primary amides is 1. The first-order valence-electron chi connectivity index (χ1n) is 9.10. The molecule has 1 fully saturated rings. The second kappa shape index (κ2) is 7.29. The molecule has 2 aliphatic rings. The van der Waals surface area contributed by atoms with Gasteiger partial charge in [0.2, 0.25) is 5.91 Å². The summed E-state index contributed by atoms with van der Waals surface area (Å²) in [5.74, 6) is 1.18. The van der Waals surface area contributed by atoms with Gasteiger partial charge >= 0.3 is 0 Å². The Morgan fingerprint density at radius 2 is 1.88 bits per heavy atom. The van der Waals surface area contributed by atoms with Crippen molar-refractivity contribution in [1.29, 1.82) is 0 Å². The summed E-state index contributed by atoms with van der Waals surface area (Å²) < 4.78 is 5.51. The van der Waals surface area contributed by atoms with Gasteiger partial charge in [0.25, 0.3) is 0 Å². The van der Waals surface area contributed by atoms with Crippen LogP contribution < -0.4 is 16.4 Å². The molecule has 1 aromatic carbocycles. The molecule has 136 valence electrons. The molecule has 1 aromatic heterocycles. The number of nitrogens with two attached hydrogens (primary N) is 1. The molecule has 3 heterocycles. The Morgan fingerprint density at radius 1 is 1.12 bits per heavy atom. The molecule has 0 radical (unpaired) electrons. The largest absolute Gasteiger partial charge is 0.381 e. The third-order valence-electron chi connectivity index (χ3n) is 4.93. The third kappa shape index (κ3) is 3.22. The van der Waals surface area contributed by atoms with Gasteiger partial charge in [0.15, 0.2) is 11.6 Å². The fourth-order valence-electron chi connectivity index (χ4n) is 3.57. The van der Waals surface area contributed by atoms with E-state index in [2.05, 4.69) is 10.6 Å². The molecule has 0 bridgehead atoms. The summed E-state index contributed by atoms with van der Waals surface area (Å²) in [6, 6.07) is 7.23. The van der Waals surface area contributed by atoms with Gasteiger partial charge < -0.3 is 21.1 Å². The van der Waals surface area contributed by atoms with Crippen molar-refractivity contribution in [3.63, 3.8) is 0 Å². The van der Waals surface area contributed by atoms with Crippen molar-refractivity contribution in [2.45, 2.75) is 25.2 Å². The number of rotatable bonds is 3. The molecule has 26 heavy (non-hydrogen) atoms. The Morgan fingerprint density at radius 3 is 2.69 bits per heavy atom. The number of aromatic nitrogens is 2. The zero-order valence-electron chi connectivity index (χ0n) is 14.6. The number of nitrogens with one attached hydrogen (secondary N) is 2. The predicted octanol–water partition coefficient (Wildman–Crippen LogP) is 2.36. The molecule has 4 N–H and O–H groups in total. The first kappa shape index (κ1) is 16.8. The quantitative estimate of drug-likeness (QED) is 0.783. The summed E-state index contributed by atoms with van der Waals surface area (Å²) in [5, 5.41) is 6.89. The van der Waals surface area contributed by atoms with Gasteiger partial charge in [-0.25, -0.2) is 9.97 Å². The number of anilines is 2. The van der Waals surface area contributed by atoms with E-state index in [9.17, 15) is 4.79 Å². The van der Waals surface area contributed by atoms with Crippen LogP contribution in [0, 0.1) is 0 Å². The van der Waals surface area contributed by atoms with Gasteiger partial charge in [-0.1, -0.05) is 18.2 Å². The van der Waals surface area contributed by atoms with Crippen LogP contribution in [0.3, 0.4) is 0 Å². The van der Waals surface area contributed by atoms with Crippen molar-refractivity contribution < 1.29 is 9.53 Å². The standard InChI is InChI=1S/C19H23N5O2/c20-17(25)13-4-1-2-5-14(13)18-23-15(12-6-10-26-11-7-12)16-19(24-18)22-9-3-8-21-16/h1-2,4-5,12,21H,3,6-11H2,(H2,20,25)(H,22,23,24). The molecule has 0 atom stereocenters. The van der Waals surface area contributed by atoms with E-state index < -0.39 is 5.91 Å². The highest BCUT2D eigenvalue weighted by molar-refractivity contribution is 5.99. The zero-order chi connectivity index (χ0) is 17.9. The third-order valence-corrected chi connectivity index (χ3v) is 4.93. The van der Waals surface area contributed by atoms with E-state index in [1.807, 2.05) is 12.1 Å². The van der Waals surface area contributed by atoms with E-state index in [1.54, 1.807) is 12.1 Å². The van der Waals surface area contributed by atoms with E-state index in [4.69, 9.17) is 20.4 Å². The van der Waals surface area contributed by atoms with Crippen molar-refractivity contribution in [3.8, 4) is 11.4 Å². The molecule has 4 rings (SSSR count). The highest BCUT2D eigenvalue weighted by atomic mass is 16.5. The second-order valence-corrected chi connectivity index (χ2v) is 6.66. The monoisotopic (exact) mass is 353 g/mol. The number of hydrogen-bond acceptors (Lipinski definition) is 6. The van der Waals surface area contributed by atoms with Gasteiger partial charge in [-0.3, -0.25) is 4.79 Å². The average molecular weight is 353 g/mol. The van der Waals surface area contributed by atoms with Crippen molar-refractivity contribution >= 4 is 17.4 Å². The minimum atomic E-state index is -0.474. The minimum absolute atomic E-state index is 0.312. The summed E-state index contributed by atoms with van der Waals surface area (Å²) in [6.07, 6.45) is 2.88. The molecule has 1 saturated heterocycles. The molecule has 2 aromatic rings. The van der Waals surface area contributed by atoms with Gasteiger partial charge in [0, 0.05) is 37.8 Å². The number of fused-ring (bicyclic) bond motifs is 1. The van der Waals surface area contributed by atoms with E-state index >= 15 is 0 Å². The Kier molecular flexibility index (Phi) is 4.71. The first-order chi connectivity index (χ1) is 12.7. The molecule has 0 saturated carbocycles. The van der Waals surface area contributed by atoms with Gasteiger partial charge in [0.1, 0.15) is 0 Å². The lowest BCUT2D eigenvalue weighted by molar-refractivity contribution is 0.0846. The molecule has 7 heteroatoms. The van der Waals surface area contributed by atoms with Crippen molar-refractivity contribution in [2.75, 3.05) is 36.9 Å². The van der Waals surface area contributed by atoms with Crippen LogP contribution in [-0.2, 0) is 4.74 Å². The number of carbonyl (C=O) groups is 1. The predicted molar refractivity (Wildman–Crippen MR) is 100 cm³/mol. The second-order valence-electron chi connectivity index (χ2n) is 6.66. The smallest absolute Gasteiger partial charge is 0.249 e. The Hall–Kier alpha value is -2.67. The Bertz CT molecular complexity index is 818. The summed E-state index contributed by atoms with van der Waals surface area (Å²) in [4.78, 5) is 21.5. The SMILES string of the molecule is NC(=O)c1ccccc1-c1nc2c(c(C3CCOCC3)n1)NCCCN2. The maximum absolute atomic E-state index is 11.8. The van der Waals surface area contributed by atoms with E-state index in [0.717, 1.165) is 62.8 Å². The fourth-order valence-corrected chi connectivity index (χ4v) is 3.57. The maximum Gasteiger partial charge on any atom is 0.249 e. The highest BCUT2D eigenvalue weighted by Gasteiger charge is 2.26. The van der Waals surface area contributed by atoms with Crippen LogP contribution in [0.2, 0.25) is 0 Å². The average Bonchev–Trinajstić information content (AvgIpc) is 2.93. The molecule has 0 spiro atoms. The Labute approximate surface area is 152 Å². The van der Waals surface area contributed by atoms with Crippen molar-refractivity contribution in [3.05, 3.63) is 35.5 Å². The van der Waals surface area contributed by atoms with Gasteiger partial charge in [-0.15, -0.1) is 0 Å². The molecule has 1 amide bonds. The number of benzene rings is 1. The van der Waals surface area contributed by atoms with Crippen LogP contribution in [0.15, 0.2) is 24.3 Å². The number of amides is 1. The normalized spacial score (nSPS) is 17.5. The summed E-state index contributed by atoms with van der Waals surface area (Å²) in [5.41, 5.74) is 8.65. The summed E-state index contributed by atoms with van der Waals surface area (Å²) >= 11 is 0. The van der Waals surface area contributed by atoms with Gasteiger partial charge in [-0.05, 0) is 25.3 Å². The number of hydrogen-bond donors (Lipinski definition) is 3. The van der Waals surface area contributed by atoms with Crippen LogP contribution in [0.5, 0.6) is 0 Å². The van der Waals surface area contributed by atoms with Crippen LogP contribution >= 0.6 is 0 Å². The van der Waals surface area contributed by atoms with E-state index in [-0.39, 0.29) is 0 Å². The highest BCUT2D eigenvalue weighted by Crippen LogP contribution is 2.37. The number of ether oxygens (including phenoxy) is 1. The fraction of sp³-hybridized carbons (Fsp3) is 0.421. The molecular weight excluding hydrogens is 330 g/mol. The molecule has 2 aliphatic heterocycles. The topological polar surface area (TPSA) is 102 Å². The van der Waals surface area contributed by atoms with Crippen LogP contribution in [0.4, 0.5) is 11.5 Å². The minimum Gasteiger partial charge on any atom is -0.381 e. The lowest BCUT2D eigenvalue weighted by atomic mass is 9.94. The van der Waals surface area contributed by atoms with Gasteiger partial charge in [0.05, 0.1) is 16.9 Å². The lowest BCUT2D eigenvalue weighted by Gasteiger charge is -2.25. The molecule has 7 nitrogen and oxygen atoms in total. The maximum atomic E-state index is 11.8. The number of carbonyl (C=O) groups excluding carboxylic acids is 1. The van der Waals surface area contributed by atoms with Crippen molar-refractivity contribution in [2.24, 2.45) is 5.73 Å². The van der Waals surface area contributed by atoms with Crippen LogP contribution in [0.1, 0.15) is 41.2 Å². The lowest BCUT2D eigenvalue weighted by Crippen LogP contribution is -2.19. The summed E-state index contributed by atoms with van der Waals surface area (Å²) in [6.45, 7) is 3.21. The molecular formula is C19H23N5O2. The van der Waals surface area contributed by atoms with Crippen molar-refractivity contribution in [1.82, 2.24) is 9.97 Å². The molecule has 0 unspecified atom stereocenters. The number of nitrogens with zero attached hydrogens (tertiary/aromatic N) is 2. The van der Waals surface area contributed by atoms with E-state index in [1.165, 1.54) is 0 Å². The summed E-state index contributed by atoms with van der Waals surface area (Å²) in [7, 11) is 0. The zero-order valence-corrected chi connectivity index (χ0v) is 14.6. The van der Waals surface area contributed by atoms with Gasteiger partial charge in [-0.2, -0.15) is 0 Å². The van der Waals surface area contributed by atoms with Crippen LogP contribution in [-0.4, -0.2) is 42.2 Å². The molecule has 0 aliphatic carbocycles. The Balaban J connectivity index is 1.86. The van der Waals surface area contributed by atoms with Crippen LogP contribution in [0.25, 0.3) is 11.4 Å². The van der Waals surface area contributed by atoms with E-state index in [0.29, 0.717) is 22.9 Å².